The molecule has 9 nitrogen and oxygen atoms in total. The number of fused-ring (bicyclic) bond motifs is 1. The van der Waals surface area contributed by atoms with Gasteiger partial charge >= 0.3 is 5.97 Å². The first-order chi connectivity index (χ1) is 17.2. The fraction of sp³-hybridized carbons (Fsp3) is 0.259. The Bertz CT molecular complexity index is 1330. The third-order valence-corrected chi connectivity index (χ3v) is 6.01. The topological polar surface area (TPSA) is 117 Å². The summed E-state index contributed by atoms with van der Waals surface area (Å²) in [6.45, 7) is 5.92. The number of rotatable bonds is 7. The standard InChI is InChI=1S/C27H28N4O5/c1-17-8-10-20(11-9-17)14-31-19(3)21(18(2)29-31)12-13-26(33)35-16-25(32)30-15-24(27(28)34)36-23-7-5-4-6-22(23)30/h4-13,24H,14-16H2,1-3H3,(H2,28,34)/b13-12-/t24-/m1/s1. The number of ether oxygens (including phenoxy) is 2. The second-order valence-corrected chi connectivity index (χ2v) is 8.65. The van der Waals surface area contributed by atoms with E-state index in [9.17, 15) is 14.4 Å². The lowest BCUT2D eigenvalue weighted by molar-refractivity contribution is -0.143. The lowest BCUT2D eigenvalue weighted by Crippen LogP contribution is -2.50. The fourth-order valence-corrected chi connectivity index (χ4v) is 4.00. The first-order valence-electron chi connectivity index (χ1n) is 11.5. The van der Waals surface area contributed by atoms with Gasteiger partial charge in [0.25, 0.3) is 11.8 Å². The van der Waals surface area contributed by atoms with Crippen LogP contribution >= 0.6 is 0 Å². The maximum absolute atomic E-state index is 12.8. The molecule has 2 aromatic carbocycles. The third-order valence-electron chi connectivity index (χ3n) is 6.01. The van der Waals surface area contributed by atoms with Crippen LogP contribution in [0.25, 0.3) is 6.08 Å². The van der Waals surface area contributed by atoms with Gasteiger partial charge in [0.15, 0.2) is 12.7 Å². The van der Waals surface area contributed by atoms with Crippen molar-refractivity contribution < 1.29 is 23.9 Å². The molecule has 0 fully saturated rings. The molecule has 2 N–H and O–H groups in total. The second kappa shape index (κ2) is 10.5. The highest BCUT2D eigenvalue weighted by Crippen LogP contribution is 2.33. The summed E-state index contributed by atoms with van der Waals surface area (Å²) in [6, 6.07) is 15.0. The van der Waals surface area contributed by atoms with E-state index < -0.39 is 30.5 Å². The highest BCUT2D eigenvalue weighted by molar-refractivity contribution is 5.99. The highest BCUT2D eigenvalue weighted by atomic mass is 16.5. The van der Waals surface area contributed by atoms with Crippen LogP contribution in [0, 0.1) is 20.8 Å². The largest absolute Gasteiger partial charge is 0.477 e. The molecule has 3 aromatic rings. The summed E-state index contributed by atoms with van der Waals surface area (Å²) < 4.78 is 12.6. The predicted octanol–water partition coefficient (Wildman–Crippen LogP) is 2.69. The Hall–Kier alpha value is -4.40. The van der Waals surface area contributed by atoms with Crippen LogP contribution in [-0.4, -0.2) is 46.8 Å². The van der Waals surface area contributed by atoms with E-state index in [0.717, 1.165) is 22.5 Å². The van der Waals surface area contributed by atoms with Gasteiger partial charge in [-0.25, -0.2) is 4.79 Å². The molecule has 1 aliphatic rings. The van der Waals surface area contributed by atoms with Crippen LogP contribution < -0.4 is 15.4 Å². The summed E-state index contributed by atoms with van der Waals surface area (Å²) in [5.41, 5.74) is 10.7. The zero-order valence-corrected chi connectivity index (χ0v) is 20.4. The van der Waals surface area contributed by atoms with Gasteiger partial charge in [-0.3, -0.25) is 14.3 Å². The summed E-state index contributed by atoms with van der Waals surface area (Å²) >= 11 is 0. The van der Waals surface area contributed by atoms with Crippen molar-refractivity contribution in [3.05, 3.63) is 82.7 Å². The molecule has 1 aliphatic heterocycles. The quantitative estimate of drug-likeness (QED) is 0.404. The Morgan fingerprint density at radius 2 is 1.83 bits per heavy atom. The van der Waals surface area contributed by atoms with Gasteiger partial charge in [0.05, 0.1) is 24.5 Å². The molecule has 9 heteroatoms. The molecule has 0 saturated heterocycles. The minimum atomic E-state index is -0.984. The van der Waals surface area contributed by atoms with Gasteiger partial charge in [-0.15, -0.1) is 0 Å². The summed E-state index contributed by atoms with van der Waals surface area (Å²) in [7, 11) is 0. The smallest absolute Gasteiger partial charge is 0.331 e. The van der Waals surface area contributed by atoms with Gasteiger partial charge < -0.3 is 20.1 Å². The second-order valence-electron chi connectivity index (χ2n) is 8.65. The zero-order chi connectivity index (χ0) is 25.8. The van der Waals surface area contributed by atoms with Gasteiger partial charge in [0, 0.05) is 17.3 Å². The van der Waals surface area contributed by atoms with E-state index in [4.69, 9.17) is 15.2 Å². The van der Waals surface area contributed by atoms with Crippen LogP contribution in [0.2, 0.25) is 0 Å². The van der Waals surface area contributed by atoms with Crippen LogP contribution in [0.5, 0.6) is 5.75 Å². The molecule has 0 aliphatic carbocycles. The zero-order valence-electron chi connectivity index (χ0n) is 20.4. The number of aromatic nitrogens is 2. The minimum absolute atomic E-state index is 0.0584. The SMILES string of the molecule is Cc1ccc(Cn2nc(C)c(/C=C\C(=O)OCC(=O)N3C[C@H](C(N)=O)Oc4ccccc43)c2C)cc1. The Kier molecular flexibility index (Phi) is 7.19. The highest BCUT2D eigenvalue weighted by Gasteiger charge is 2.32. The Morgan fingerprint density at radius 1 is 1.11 bits per heavy atom. The van der Waals surface area contributed by atoms with E-state index in [-0.39, 0.29) is 6.54 Å². The molecule has 36 heavy (non-hydrogen) atoms. The lowest BCUT2D eigenvalue weighted by atomic mass is 10.1. The van der Waals surface area contributed by atoms with Crippen LogP contribution in [0.4, 0.5) is 5.69 Å². The normalized spacial score (nSPS) is 14.9. The molecule has 0 unspecified atom stereocenters. The van der Waals surface area contributed by atoms with E-state index >= 15 is 0 Å². The van der Waals surface area contributed by atoms with Gasteiger partial charge in [-0.1, -0.05) is 42.0 Å². The number of hydrogen-bond acceptors (Lipinski definition) is 6. The number of esters is 1. The molecule has 0 saturated carbocycles. The minimum Gasteiger partial charge on any atom is -0.477 e. The molecular weight excluding hydrogens is 460 g/mol. The van der Waals surface area contributed by atoms with E-state index in [0.29, 0.717) is 18.0 Å². The average molecular weight is 489 g/mol. The number of aryl methyl sites for hydroxylation is 2. The molecule has 1 aromatic heterocycles. The molecule has 1 atom stereocenters. The molecule has 0 bridgehead atoms. The van der Waals surface area contributed by atoms with Crippen LogP contribution in [-0.2, 0) is 25.7 Å². The van der Waals surface area contributed by atoms with E-state index in [1.54, 1.807) is 30.3 Å². The van der Waals surface area contributed by atoms with Crippen LogP contribution in [0.3, 0.4) is 0 Å². The predicted molar refractivity (Wildman–Crippen MR) is 134 cm³/mol. The van der Waals surface area contributed by atoms with E-state index in [1.165, 1.54) is 16.5 Å². The number of carbonyl (C=O) groups excluding carboxylic acids is 3. The first kappa shape index (κ1) is 24.7. The number of hydrogen-bond donors (Lipinski definition) is 1. The molecule has 0 radical (unpaired) electrons. The fourth-order valence-electron chi connectivity index (χ4n) is 4.00. The van der Waals surface area contributed by atoms with Gasteiger partial charge in [-0.05, 0) is 44.5 Å². The summed E-state index contributed by atoms with van der Waals surface area (Å²) in [5.74, 6) is -1.48. The number of benzene rings is 2. The van der Waals surface area contributed by atoms with E-state index in [1.807, 2.05) is 25.5 Å². The van der Waals surface area contributed by atoms with Crippen molar-refractivity contribution in [1.29, 1.82) is 0 Å². The Balaban J connectivity index is 1.39. The number of anilines is 1. The van der Waals surface area contributed by atoms with Crippen molar-refractivity contribution in [2.75, 3.05) is 18.1 Å². The summed E-state index contributed by atoms with van der Waals surface area (Å²) in [6.07, 6.45) is 1.94. The Labute approximate surface area is 209 Å². The molecular formula is C27H28N4O5. The Morgan fingerprint density at radius 3 is 2.56 bits per heavy atom. The van der Waals surface area contributed by atoms with Crippen molar-refractivity contribution in [1.82, 2.24) is 9.78 Å². The molecule has 186 valence electrons. The molecule has 0 spiro atoms. The van der Waals surface area contributed by atoms with Crippen molar-refractivity contribution >= 4 is 29.5 Å². The number of carbonyl (C=O) groups is 3. The monoisotopic (exact) mass is 488 g/mol. The van der Waals surface area contributed by atoms with Gasteiger partial charge in [-0.2, -0.15) is 5.10 Å². The van der Waals surface area contributed by atoms with Crippen molar-refractivity contribution in [2.24, 2.45) is 5.73 Å². The first-order valence-corrected chi connectivity index (χ1v) is 11.5. The number of nitrogens with two attached hydrogens (primary N) is 1. The number of amides is 2. The summed E-state index contributed by atoms with van der Waals surface area (Å²) in [4.78, 5) is 38.2. The van der Waals surface area contributed by atoms with Crippen molar-refractivity contribution in [3.8, 4) is 5.75 Å². The van der Waals surface area contributed by atoms with Crippen LogP contribution in [0.15, 0.2) is 54.6 Å². The van der Waals surface area contributed by atoms with Crippen molar-refractivity contribution in [2.45, 2.75) is 33.4 Å². The van der Waals surface area contributed by atoms with E-state index in [2.05, 4.69) is 29.4 Å². The molecule has 2 heterocycles. The number of para-hydroxylation sites is 2. The third kappa shape index (κ3) is 5.46. The lowest BCUT2D eigenvalue weighted by Gasteiger charge is -2.33. The number of nitrogens with zero attached hydrogens (tertiary/aromatic N) is 3. The van der Waals surface area contributed by atoms with Gasteiger partial charge in [0.2, 0.25) is 0 Å². The molecule has 4 rings (SSSR count). The average Bonchev–Trinajstić information content (AvgIpc) is 3.13. The van der Waals surface area contributed by atoms with Crippen LogP contribution in [0.1, 0.15) is 28.1 Å². The van der Waals surface area contributed by atoms with Crippen molar-refractivity contribution in [3.63, 3.8) is 0 Å². The number of primary amides is 1. The maximum atomic E-state index is 12.8. The molecule has 2 amide bonds. The maximum Gasteiger partial charge on any atom is 0.331 e. The summed E-state index contributed by atoms with van der Waals surface area (Å²) in [5, 5.41) is 4.59. The van der Waals surface area contributed by atoms with Gasteiger partial charge in [0.1, 0.15) is 5.75 Å².